The molecule has 0 aromatic carbocycles. The normalized spacial score (nSPS) is 22.5. The van der Waals surface area contributed by atoms with Gasteiger partial charge in [-0.1, -0.05) is 6.07 Å². The Balaban J connectivity index is 2.11. The molecular weight excluding hydrogens is 204 g/mol. The summed E-state index contributed by atoms with van der Waals surface area (Å²) in [6.07, 6.45) is 2.18. The Morgan fingerprint density at radius 3 is 3.00 bits per heavy atom. The maximum atomic E-state index is 11.7. The van der Waals surface area contributed by atoms with Crippen LogP contribution in [-0.2, 0) is 4.79 Å². The highest BCUT2D eigenvalue weighted by Gasteiger charge is 2.32. The monoisotopic (exact) mass is 220 g/mol. The van der Waals surface area contributed by atoms with Gasteiger partial charge < -0.3 is 10.0 Å². The van der Waals surface area contributed by atoms with Gasteiger partial charge in [-0.15, -0.1) is 0 Å². The van der Waals surface area contributed by atoms with Gasteiger partial charge in [-0.3, -0.25) is 9.78 Å². The highest BCUT2D eigenvalue weighted by atomic mass is 16.3. The summed E-state index contributed by atoms with van der Waals surface area (Å²) in [7, 11) is 0. The molecule has 0 saturated carbocycles. The number of carbonyl (C=O) groups is 1. The highest BCUT2D eigenvalue weighted by Crippen LogP contribution is 2.26. The van der Waals surface area contributed by atoms with Crippen LogP contribution in [0.15, 0.2) is 24.4 Å². The molecule has 86 valence electrons. The number of carbonyl (C=O) groups excluding carboxylic acids is 1. The summed E-state index contributed by atoms with van der Waals surface area (Å²) >= 11 is 0. The fourth-order valence-electron chi connectivity index (χ4n) is 2.09. The molecule has 1 saturated heterocycles. The van der Waals surface area contributed by atoms with Gasteiger partial charge >= 0.3 is 0 Å². The van der Waals surface area contributed by atoms with E-state index in [4.69, 9.17) is 5.11 Å². The SMILES string of the molecule is CC(c1ccccn1)N1CC(CO)CC1=O. The van der Waals surface area contributed by atoms with Crippen LogP contribution in [0.4, 0.5) is 0 Å². The summed E-state index contributed by atoms with van der Waals surface area (Å²) < 4.78 is 0. The number of hydrogen-bond donors (Lipinski definition) is 1. The summed E-state index contributed by atoms with van der Waals surface area (Å²) in [5.41, 5.74) is 0.898. The van der Waals surface area contributed by atoms with Crippen molar-refractivity contribution in [3.63, 3.8) is 0 Å². The van der Waals surface area contributed by atoms with Crippen LogP contribution >= 0.6 is 0 Å². The van der Waals surface area contributed by atoms with Crippen molar-refractivity contribution in [2.24, 2.45) is 5.92 Å². The molecule has 0 spiro atoms. The van der Waals surface area contributed by atoms with Gasteiger partial charge in [0.25, 0.3) is 0 Å². The van der Waals surface area contributed by atoms with Gasteiger partial charge in [0.1, 0.15) is 0 Å². The standard InChI is InChI=1S/C12H16N2O2/c1-9(11-4-2-3-5-13-11)14-7-10(8-15)6-12(14)16/h2-5,9-10,15H,6-8H2,1H3. The van der Waals surface area contributed by atoms with E-state index in [-0.39, 0.29) is 24.5 Å². The minimum atomic E-state index is -0.00903. The molecule has 4 heteroatoms. The van der Waals surface area contributed by atoms with Gasteiger partial charge in [0.2, 0.25) is 5.91 Å². The van der Waals surface area contributed by atoms with Crippen molar-refractivity contribution in [1.82, 2.24) is 9.88 Å². The Bertz CT molecular complexity index is 367. The first-order valence-corrected chi connectivity index (χ1v) is 5.53. The summed E-state index contributed by atoms with van der Waals surface area (Å²) in [6, 6.07) is 5.69. The molecule has 1 aliphatic rings. The number of amides is 1. The molecule has 0 radical (unpaired) electrons. The zero-order chi connectivity index (χ0) is 11.5. The smallest absolute Gasteiger partial charge is 0.223 e. The van der Waals surface area contributed by atoms with E-state index in [2.05, 4.69) is 4.98 Å². The fraction of sp³-hybridized carbons (Fsp3) is 0.500. The first-order chi connectivity index (χ1) is 7.72. The molecule has 1 aromatic rings. The lowest BCUT2D eigenvalue weighted by atomic mass is 10.1. The van der Waals surface area contributed by atoms with Crippen LogP contribution in [0.25, 0.3) is 0 Å². The van der Waals surface area contributed by atoms with E-state index in [1.165, 1.54) is 0 Å². The lowest BCUT2D eigenvalue weighted by Gasteiger charge is -2.24. The molecule has 1 fully saturated rings. The minimum Gasteiger partial charge on any atom is -0.396 e. The topological polar surface area (TPSA) is 53.4 Å². The molecule has 0 bridgehead atoms. The largest absolute Gasteiger partial charge is 0.396 e. The zero-order valence-electron chi connectivity index (χ0n) is 9.34. The van der Waals surface area contributed by atoms with Crippen molar-refractivity contribution in [2.75, 3.05) is 13.2 Å². The second kappa shape index (κ2) is 4.61. The van der Waals surface area contributed by atoms with E-state index < -0.39 is 0 Å². The molecular formula is C12H16N2O2. The van der Waals surface area contributed by atoms with Crippen molar-refractivity contribution < 1.29 is 9.90 Å². The molecule has 2 unspecified atom stereocenters. The Hall–Kier alpha value is -1.42. The number of aliphatic hydroxyl groups excluding tert-OH is 1. The van der Waals surface area contributed by atoms with Gasteiger partial charge in [0.05, 0.1) is 11.7 Å². The molecule has 0 aliphatic carbocycles. The third-order valence-corrected chi connectivity index (χ3v) is 3.08. The minimum absolute atomic E-state index is 0.00903. The van der Waals surface area contributed by atoms with Gasteiger partial charge in [-0.05, 0) is 19.1 Å². The van der Waals surface area contributed by atoms with Gasteiger partial charge in [0, 0.05) is 31.7 Å². The van der Waals surface area contributed by atoms with Gasteiger partial charge in [-0.2, -0.15) is 0 Å². The second-order valence-electron chi connectivity index (χ2n) is 4.23. The van der Waals surface area contributed by atoms with Crippen molar-refractivity contribution >= 4 is 5.91 Å². The molecule has 1 aromatic heterocycles. The maximum absolute atomic E-state index is 11.7. The predicted molar refractivity (Wildman–Crippen MR) is 59.6 cm³/mol. The van der Waals surface area contributed by atoms with Crippen molar-refractivity contribution in [1.29, 1.82) is 0 Å². The quantitative estimate of drug-likeness (QED) is 0.826. The first-order valence-electron chi connectivity index (χ1n) is 5.53. The van der Waals surface area contributed by atoms with E-state index in [0.29, 0.717) is 13.0 Å². The predicted octanol–water partition coefficient (Wildman–Crippen LogP) is 0.983. The molecule has 2 atom stereocenters. The number of rotatable bonds is 3. The van der Waals surface area contributed by atoms with Gasteiger partial charge in [0.15, 0.2) is 0 Å². The summed E-state index contributed by atoms with van der Waals surface area (Å²) in [6.45, 7) is 2.68. The lowest BCUT2D eigenvalue weighted by Crippen LogP contribution is -2.29. The highest BCUT2D eigenvalue weighted by molar-refractivity contribution is 5.79. The Morgan fingerprint density at radius 1 is 1.62 bits per heavy atom. The average molecular weight is 220 g/mol. The molecule has 2 heterocycles. The number of pyridine rings is 1. The number of aromatic nitrogens is 1. The van der Waals surface area contributed by atoms with Crippen LogP contribution in [0.1, 0.15) is 25.1 Å². The van der Waals surface area contributed by atoms with Crippen molar-refractivity contribution in [2.45, 2.75) is 19.4 Å². The Kier molecular flexibility index (Phi) is 3.19. The average Bonchev–Trinajstić information content (AvgIpc) is 2.71. The maximum Gasteiger partial charge on any atom is 0.223 e. The molecule has 2 rings (SSSR count). The third-order valence-electron chi connectivity index (χ3n) is 3.08. The zero-order valence-corrected chi connectivity index (χ0v) is 9.34. The Morgan fingerprint density at radius 2 is 2.44 bits per heavy atom. The van der Waals surface area contributed by atoms with E-state index in [1.54, 1.807) is 11.1 Å². The second-order valence-corrected chi connectivity index (χ2v) is 4.23. The van der Waals surface area contributed by atoms with Crippen LogP contribution in [0.5, 0.6) is 0 Å². The Labute approximate surface area is 94.9 Å². The van der Waals surface area contributed by atoms with E-state index in [1.807, 2.05) is 25.1 Å². The van der Waals surface area contributed by atoms with Crippen LogP contribution in [-0.4, -0.2) is 34.0 Å². The van der Waals surface area contributed by atoms with Crippen LogP contribution < -0.4 is 0 Å². The van der Waals surface area contributed by atoms with Crippen LogP contribution in [0, 0.1) is 5.92 Å². The van der Waals surface area contributed by atoms with E-state index in [0.717, 1.165) is 5.69 Å². The van der Waals surface area contributed by atoms with E-state index >= 15 is 0 Å². The number of aliphatic hydroxyl groups is 1. The number of hydrogen-bond acceptors (Lipinski definition) is 3. The van der Waals surface area contributed by atoms with Crippen molar-refractivity contribution in [3.8, 4) is 0 Å². The molecule has 1 aliphatic heterocycles. The van der Waals surface area contributed by atoms with E-state index in [9.17, 15) is 4.79 Å². The first kappa shape index (κ1) is 11.1. The summed E-state index contributed by atoms with van der Waals surface area (Å²) in [5.74, 6) is 0.191. The fourth-order valence-corrected chi connectivity index (χ4v) is 2.09. The molecule has 16 heavy (non-hydrogen) atoms. The molecule has 1 amide bonds. The number of nitrogens with zero attached hydrogens (tertiary/aromatic N) is 2. The number of likely N-dealkylation sites (tertiary alicyclic amines) is 1. The lowest BCUT2D eigenvalue weighted by molar-refractivity contribution is -0.129. The van der Waals surface area contributed by atoms with Crippen LogP contribution in [0.3, 0.4) is 0 Å². The molecule has 4 nitrogen and oxygen atoms in total. The summed E-state index contributed by atoms with van der Waals surface area (Å²) in [5, 5.41) is 9.06. The summed E-state index contributed by atoms with van der Waals surface area (Å²) in [4.78, 5) is 17.8. The third kappa shape index (κ3) is 2.07. The van der Waals surface area contributed by atoms with Crippen LogP contribution in [0.2, 0.25) is 0 Å². The van der Waals surface area contributed by atoms with Crippen molar-refractivity contribution in [3.05, 3.63) is 30.1 Å². The van der Waals surface area contributed by atoms with Gasteiger partial charge in [-0.25, -0.2) is 0 Å². The molecule has 1 N–H and O–H groups in total.